The minimum atomic E-state index is -1.53. The SMILES string of the molecule is C=CCN1C(=O)C2(c3ccccc31)c1c(oc3cc(C)c(C)cc3c1=O)C(=O)N2CCC. The summed E-state index contributed by atoms with van der Waals surface area (Å²) in [6.07, 6.45) is 2.27. The topological polar surface area (TPSA) is 70.8 Å². The number of fused-ring (bicyclic) bond motifs is 5. The summed E-state index contributed by atoms with van der Waals surface area (Å²) in [6.45, 7) is 10.2. The van der Waals surface area contributed by atoms with Crippen LogP contribution in [0.3, 0.4) is 0 Å². The predicted molar refractivity (Wildman–Crippen MR) is 123 cm³/mol. The number of carbonyl (C=O) groups is 2. The molecule has 0 saturated heterocycles. The second-order valence-electron chi connectivity index (χ2n) is 8.46. The van der Waals surface area contributed by atoms with Gasteiger partial charge in [-0.2, -0.15) is 0 Å². The van der Waals surface area contributed by atoms with E-state index in [1.54, 1.807) is 23.1 Å². The molecule has 0 N–H and O–H groups in total. The average Bonchev–Trinajstić information content (AvgIpc) is 3.16. The van der Waals surface area contributed by atoms with Crippen LogP contribution in [0, 0.1) is 13.8 Å². The van der Waals surface area contributed by atoms with Crippen LogP contribution in [0.2, 0.25) is 0 Å². The van der Waals surface area contributed by atoms with E-state index >= 15 is 0 Å². The van der Waals surface area contributed by atoms with E-state index in [2.05, 4.69) is 6.58 Å². The second-order valence-corrected chi connectivity index (χ2v) is 8.46. The van der Waals surface area contributed by atoms with Gasteiger partial charge in [-0.05, 0) is 49.6 Å². The lowest BCUT2D eigenvalue weighted by atomic mass is 9.83. The van der Waals surface area contributed by atoms with Crippen LogP contribution in [-0.4, -0.2) is 29.8 Å². The molecule has 2 aliphatic heterocycles. The monoisotopic (exact) mass is 428 g/mol. The van der Waals surface area contributed by atoms with E-state index in [0.717, 1.165) is 11.1 Å². The number of nitrogens with zero attached hydrogens (tertiary/aromatic N) is 2. The number of aryl methyl sites for hydroxylation is 2. The van der Waals surface area contributed by atoms with Crippen molar-refractivity contribution < 1.29 is 14.0 Å². The molecule has 3 aromatic rings. The van der Waals surface area contributed by atoms with Crippen molar-refractivity contribution in [2.75, 3.05) is 18.0 Å². The summed E-state index contributed by atoms with van der Waals surface area (Å²) in [5.74, 6) is -0.792. The minimum Gasteiger partial charge on any atom is -0.450 e. The summed E-state index contributed by atoms with van der Waals surface area (Å²) in [4.78, 5) is 44.7. The first kappa shape index (κ1) is 20.2. The van der Waals surface area contributed by atoms with Gasteiger partial charge >= 0.3 is 0 Å². The van der Waals surface area contributed by atoms with Gasteiger partial charge in [0.05, 0.1) is 16.6 Å². The van der Waals surface area contributed by atoms with Crippen LogP contribution in [0.5, 0.6) is 0 Å². The van der Waals surface area contributed by atoms with E-state index in [9.17, 15) is 14.4 Å². The fourth-order valence-corrected chi connectivity index (χ4v) is 5.08. The zero-order chi connectivity index (χ0) is 22.8. The predicted octanol–water partition coefficient (Wildman–Crippen LogP) is 4.05. The van der Waals surface area contributed by atoms with Crippen LogP contribution >= 0.6 is 0 Å². The van der Waals surface area contributed by atoms with E-state index in [0.29, 0.717) is 35.2 Å². The largest absolute Gasteiger partial charge is 0.450 e. The smallest absolute Gasteiger partial charge is 0.291 e. The Kier molecular flexibility index (Phi) is 4.38. The molecule has 6 nitrogen and oxygen atoms in total. The molecule has 0 aliphatic carbocycles. The van der Waals surface area contributed by atoms with Gasteiger partial charge in [-0.1, -0.05) is 31.2 Å². The highest BCUT2D eigenvalue weighted by Gasteiger charge is 2.64. The van der Waals surface area contributed by atoms with E-state index in [1.807, 2.05) is 45.0 Å². The third kappa shape index (κ3) is 2.32. The van der Waals surface area contributed by atoms with Crippen molar-refractivity contribution in [2.24, 2.45) is 0 Å². The van der Waals surface area contributed by atoms with Gasteiger partial charge in [-0.15, -0.1) is 6.58 Å². The normalized spacial score (nSPS) is 19.2. The van der Waals surface area contributed by atoms with E-state index in [4.69, 9.17) is 4.42 Å². The summed E-state index contributed by atoms with van der Waals surface area (Å²) in [5.41, 5.74) is 1.83. The van der Waals surface area contributed by atoms with Crippen LogP contribution in [0.25, 0.3) is 11.0 Å². The highest BCUT2D eigenvalue weighted by Crippen LogP contribution is 2.52. The van der Waals surface area contributed by atoms with E-state index in [-0.39, 0.29) is 29.2 Å². The second kappa shape index (κ2) is 6.92. The molecule has 0 bridgehead atoms. The zero-order valence-electron chi connectivity index (χ0n) is 18.4. The molecule has 5 rings (SSSR count). The van der Waals surface area contributed by atoms with Crippen molar-refractivity contribution in [1.82, 2.24) is 4.90 Å². The number of benzene rings is 2. The number of rotatable bonds is 4. The summed E-state index contributed by atoms with van der Waals surface area (Å²) in [6, 6.07) is 10.9. The van der Waals surface area contributed by atoms with Crippen LogP contribution in [-0.2, 0) is 10.3 Å². The fraction of sp³-hybridized carbons (Fsp3) is 0.269. The molecule has 0 radical (unpaired) electrons. The minimum absolute atomic E-state index is 0.0391. The summed E-state index contributed by atoms with van der Waals surface area (Å²) in [7, 11) is 0. The Labute approximate surface area is 185 Å². The summed E-state index contributed by atoms with van der Waals surface area (Å²) < 4.78 is 6.07. The molecule has 0 fully saturated rings. The van der Waals surface area contributed by atoms with Crippen molar-refractivity contribution in [1.29, 1.82) is 0 Å². The Hall–Kier alpha value is -3.67. The van der Waals surface area contributed by atoms with Gasteiger partial charge in [-0.3, -0.25) is 14.4 Å². The maximum atomic E-state index is 14.1. The average molecular weight is 428 g/mol. The van der Waals surface area contributed by atoms with Crippen molar-refractivity contribution in [3.05, 3.63) is 87.3 Å². The van der Waals surface area contributed by atoms with Crippen LogP contribution in [0.15, 0.2) is 58.3 Å². The molecular formula is C26H24N2O4. The first-order valence-electron chi connectivity index (χ1n) is 10.8. The molecule has 3 heterocycles. The Morgan fingerprint density at radius 3 is 2.53 bits per heavy atom. The molecule has 1 spiro atoms. The number of anilines is 1. The van der Waals surface area contributed by atoms with Gasteiger partial charge in [0.1, 0.15) is 5.58 Å². The molecule has 2 aliphatic rings. The van der Waals surface area contributed by atoms with Crippen molar-refractivity contribution >= 4 is 28.5 Å². The third-order valence-electron chi connectivity index (χ3n) is 6.61. The lowest BCUT2D eigenvalue weighted by molar-refractivity contribution is -0.126. The van der Waals surface area contributed by atoms with Crippen molar-refractivity contribution in [3.63, 3.8) is 0 Å². The van der Waals surface area contributed by atoms with Gasteiger partial charge in [0, 0.05) is 18.7 Å². The Balaban J connectivity index is 1.94. The Morgan fingerprint density at radius 1 is 1.09 bits per heavy atom. The van der Waals surface area contributed by atoms with Gasteiger partial charge in [0.2, 0.25) is 5.76 Å². The fourth-order valence-electron chi connectivity index (χ4n) is 5.08. The number of hydrogen-bond acceptors (Lipinski definition) is 4. The standard InChI is InChI=1S/C26H24N2O4/c1-5-11-27-19-10-8-7-9-18(19)26(25(27)31)21-22(29)17-13-15(3)16(4)14-20(17)32-23(21)24(30)28(26)12-6-2/h5,7-10,13-14H,1,6,11-12H2,2-4H3. The molecule has 1 atom stereocenters. The molecule has 6 heteroatoms. The molecule has 1 unspecified atom stereocenters. The molecule has 0 saturated carbocycles. The highest BCUT2D eigenvalue weighted by atomic mass is 16.3. The van der Waals surface area contributed by atoms with Gasteiger partial charge in [0.15, 0.2) is 11.0 Å². The maximum Gasteiger partial charge on any atom is 0.291 e. The van der Waals surface area contributed by atoms with Gasteiger partial charge in [0.25, 0.3) is 11.8 Å². The summed E-state index contributed by atoms with van der Waals surface area (Å²) >= 11 is 0. The molecule has 32 heavy (non-hydrogen) atoms. The Morgan fingerprint density at radius 2 is 1.81 bits per heavy atom. The number of para-hydroxylation sites is 1. The zero-order valence-corrected chi connectivity index (χ0v) is 18.4. The first-order chi connectivity index (χ1) is 15.4. The third-order valence-corrected chi connectivity index (χ3v) is 6.61. The van der Waals surface area contributed by atoms with Crippen LogP contribution in [0.4, 0.5) is 5.69 Å². The lowest BCUT2D eigenvalue weighted by Gasteiger charge is -2.34. The lowest BCUT2D eigenvalue weighted by Crippen LogP contribution is -2.53. The quantitative estimate of drug-likeness (QED) is 0.588. The molecule has 162 valence electrons. The number of hydrogen-bond donors (Lipinski definition) is 0. The van der Waals surface area contributed by atoms with Crippen molar-refractivity contribution in [3.8, 4) is 0 Å². The number of carbonyl (C=O) groups excluding carboxylic acids is 2. The van der Waals surface area contributed by atoms with Gasteiger partial charge in [-0.25, -0.2) is 0 Å². The Bertz CT molecular complexity index is 1390. The molecular weight excluding hydrogens is 404 g/mol. The number of amides is 2. The first-order valence-corrected chi connectivity index (χ1v) is 10.8. The summed E-state index contributed by atoms with van der Waals surface area (Å²) in [5, 5.41) is 0.379. The van der Waals surface area contributed by atoms with Crippen molar-refractivity contribution in [2.45, 2.75) is 32.7 Å². The van der Waals surface area contributed by atoms with E-state index < -0.39 is 11.4 Å². The highest BCUT2D eigenvalue weighted by molar-refractivity contribution is 6.17. The van der Waals surface area contributed by atoms with E-state index in [1.165, 1.54) is 4.90 Å². The van der Waals surface area contributed by atoms with Gasteiger partial charge < -0.3 is 14.2 Å². The van der Waals surface area contributed by atoms with Crippen LogP contribution in [0.1, 0.15) is 46.2 Å². The van der Waals surface area contributed by atoms with Crippen LogP contribution < -0.4 is 10.3 Å². The molecule has 2 aromatic carbocycles. The molecule has 2 amide bonds. The molecule has 1 aromatic heterocycles. The maximum absolute atomic E-state index is 14.1.